The quantitative estimate of drug-likeness (QED) is 0.232. The lowest BCUT2D eigenvalue weighted by Crippen LogP contribution is -2.53. The molecule has 232 valence electrons. The summed E-state index contributed by atoms with van der Waals surface area (Å²) in [6.07, 6.45) is 1.05. The number of benzene rings is 3. The van der Waals surface area contributed by atoms with E-state index in [1.54, 1.807) is 43.5 Å². The molecule has 3 aromatic rings. The van der Waals surface area contributed by atoms with Gasteiger partial charge in [-0.15, -0.1) is 0 Å². The van der Waals surface area contributed by atoms with Crippen molar-refractivity contribution in [3.63, 3.8) is 0 Å². The first kappa shape index (κ1) is 33.7. The number of hydrogen-bond acceptors (Lipinski definition) is 6. The van der Waals surface area contributed by atoms with Crippen LogP contribution in [-0.2, 0) is 26.2 Å². The number of anilines is 1. The average Bonchev–Trinajstić information content (AvgIpc) is 3.00. The SMILES string of the molecule is CCOc1ccc(N(CC(=O)N(Cc2ccc(OC)cc2)C(CC)C(=O)NC(C)CC)S(=O)(=O)c2ccc(Cl)cc2)cc1. The van der Waals surface area contributed by atoms with Crippen LogP contribution in [0, 0.1) is 0 Å². The smallest absolute Gasteiger partial charge is 0.264 e. The summed E-state index contributed by atoms with van der Waals surface area (Å²) >= 11 is 6.03. The molecule has 2 unspecified atom stereocenters. The van der Waals surface area contributed by atoms with Crippen LogP contribution >= 0.6 is 11.6 Å². The van der Waals surface area contributed by atoms with Crippen LogP contribution in [0.3, 0.4) is 0 Å². The van der Waals surface area contributed by atoms with Crippen molar-refractivity contribution >= 4 is 39.1 Å². The first-order valence-corrected chi connectivity index (χ1v) is 16.1. The third-order valence-electron chi connectivity index (χ3n) is 7.02. The van der Waals surface area contributed by atoms with E-state index < -0.39 is 28.5 Å². The van der Waals surface area contributed by atoms with Crippen LogP contribution < -0.4 is 19.1 Å². The highest BCUT2D eigenvalue weighted by Crippen LogP contribution is 2.28. The van der Waals surface area contributed by atoms with E-state index >= 15 is 0 Å². The lowest BCUT2D eigenvalue weighted by atomic mass is 10.1. The van der Waals surface area contributed by atoms with Crippen molar-refractivity contribution in [2.75, 3.05) is 24.6 Å². The maximum atomic E-state index is 14.2. The van der Waals surface area contributed by atoms with E-state index in [1.165, 1.54) is 29.2 Å². The van der Waals surface area contributed by atoms with Gasteiger partial charge in [0.25, 0.3) is 10.0 Å². The Bertz CT molecular complexity index is 1450. The summed E-state index contributed by atoms with van der Waals surface area (Å²) in [7, 11) is -2.65. The Morgan fingerprint density at radius 1 is 0.884 bits per heavy atom. The highest BCUT2D eigenvalue weighted by atomic mass is 35.5. The third-order valence-corrected chi connectivity index (χ3v) is 9.06. The van der Waals surface area contributed by atoms with Crippen LogP contribution in [0.15, 0.2) is 77.7 Å². The molecule has 0 saturated heterocycles. The molecule has 0 bridgehead atoms. The Hall–Kier alpha value is -3.76. The Morgan fingerprint density at radius 2 is 1.49 bits per heavy atom. The van der Waals surface area contributed by atoms with Crippen molar-refractivity contribution in [2.45, 2.75) is 64.1 Å². The van der Waals surface area contributed by atoms with Crippen molar-refractivity contribution in [3.05, 3.63) is 83.4 Å². The predicted octanol–water partition coefficient (Wildman–Crippen LogP) is 5.66. The van der Waals surface area contributed by atoms with Crippen molar-refractivity contribution < 1.29 is 27.5 Å². The summed E-state index contributed by atoms with van der Waals surface area (Å²) in [6.45, 7) is 7.53. The van der Waals surface area contributed by atoms with Crippen molar-refractivity contribution in [2.24, 2.45) is 0 Å². The van der Waals surface area contributed by atoms with Crippen LogP contribution in [0.1, 0.15) is 46.1 Å². The second-order valence-corrected chi connectivity index (χ2v) is 12.3. The average molecular weight is 630 g/mol. The highest BCUT2D eigenvalue weighted by molar-refractivity contribution is 7.92. The van der Waals surface area contributed by atoms with Crippen molar-refractivity contribution in [1.29, 1.82) is 0 Å². The van der Waals surface area contributed by atoms with E-state index in [-0.39, 0.29) is 29.1 Å². The van der Waals surface area contributed by atoms with Gasteiger partial charge in [0, 0.05) is 17.6 Å². The fourth-order valence-corrected chi connectivity index (χ4v) is 5.97. The lowest BCUT2D eigenvalue weighted by molar-refractivity contribution is -0.140. The Morgan fingerprint density at radius 3 is 2.02 bits per heavy atom. The van der Waals surface area contributed by atoms with E-state index in [9.17, 15) is 18.0 Å². The minimum absolute atomic E-state index is 0.0261. The number of nitrogens with zero attached hydrogens (tertiary/aromatic N) is 2. The van der Waals surface area contributed by atoms with Crippen molar-refractivity contribution in [1.82, 2.24) is 10.2 Å². The number of methoxy groups -OCH3 is 1. The van der Waals surface area contributed by atoms with Gasteiger partial charge in [0.15, 0.2) is 0 Å². The van der Waals surface area contributed by atoms with Gasteiger partial charge in [-0.2, -0.15) is 0 Å². The molecular weight excluding hydrogens is 590 g/mol. The molecule has 0 aromatic heterocycles. The highest BCUT2D eigenvalue weighted by Gasteiger charge is 2.34. The molecule has 2 atom stereocenters. The number of carbonyl (C=O) groups is 2. The van der Waals surface area contributed by atoms with E-state index in [0.29, 0.717) is 29.5 Å². The summed E-state index contributed by atoms with van der Waals surface area (Å²) in [5.74, 6) is 0.384. The van der Waals surface area contributed by atoms with Gasteiger partial charge in [-0.25, -0.2) is 8.42 Å². The predicted molar refractivity (Wildman–Crippen MR) is 169 cm³/mol. The molecule has 43 heavy (non-hydrogen) atoms. The van der Waals surface area contributed by atoms with Crippen LogP contribution in [0.2, 0.25) is 5.02 Å². The van der Waals surface area contributed by atoms with Gasteiger partial charge < -0.3 is 19.7 Å². The molecular formula is C32H40ClN3O6S. The Kier molecular flexibility index (Phi) is 12.3. The van der Waals surface area contributed by atoms with Crippen LogP contribution in [0.25, 0.3) is 0 Å². The standard InChI is InChI=1S/C32H40ClN3O6S/c1-6-23(4)34-32(38)30(7-2)35(21-24-9-15-27(41-5)16-10-24)31(37)22-36(26-13-17-28(18-14-26)42-8-3)43(39,40)29-19-11-25(33)12-20-29/h9-20,23,30H,6-8,21-22H2,1-5H3,(H,34,38). The van der Waals surface area contributed by atoms with Gasteiger partial charge in [0.1, 0.15) is 24.1 Å². The molecule has 0 aliphatic heterocycles. The van der Waals surface area contributed by atoms with Crippen molar-refractivity contribution in [3.8, 4) is 11.5 Å². The number of halogens is 1. The molecule has 3 aromatic carbocycles. The topological polar surface area (TPSA) is 105 Å². The number of hydrogen-bond donors (Lipinski definition) is 1. The van der Waals surface area contributed by atoms with Crippen LogP contribution in [0.4, 0.5) is 5.69 Å². The van der Waals surface area contributed by atoms with Gasteiger partial charge in [0.05, 0.1) is 24.3 Å². The summed E-state index contributed by atoms with van der Waals surface area (Å²) in [4.78, 5) is 29.0. The minimum atomic E-state index is -4.21. The first-order chi connectivity index (χ1) is 20.5. The lowest BCUT2D eigenvalue weighted by Gasteiger charge is -2.33. The van der Waals surface area contributed by atoms with E-state index in [0.717, 1.165) is 16.3 Å². The molecule has 3 rings (SSSR count). The third kappa shape index (κ3) is 8.87. The number of sulfonamides is 1. The summed E-state index contributed by atoms with van der Waals surface area (Å²) in [5, 5.41) is 3.35. The first-order valence-electron chi connectivity index (χ1n) is 14.3. The molecule has 2 amide bonds. The zero-order chi connectivity index (χ0) is 31.6. The zero-order valence-corrected chi connectivity index (χ0v) is 26.8. The van der Waals surface area contributed by atoms with E-state index in [2.05, 4.69) is 5.32 Å². The molecule has 1 N–H and O–H groups in total. The molecule has 0 radical (unpaired) electrons. The van der Waals surface area contributed by atoms with Crippen LogP contribution in [-0.4, -0.2) is 57.5 Å². The molecule has 0 saturated carbocycles. The molecule has 0 fully saturated rings. The second-order valence-electron chi connectivity index (χ2n) is 10.0. The summed E-state index contributed by atoms with van der Waals surface area (Å²) in [5.41, 5.74) is 1.03. The normalized spacial score (nSPS) is 12.6. The molecule has 0 heterocycles. The fourth-order valence-electron chi connectivity index (χ4n) is 4.43. The van der Waals surface area contributed by atoms with Crippen LogP contribution in [0.5, 0.6) is 11.5 Å². The molecule has 0 spiro atoms. The van der Waals surface area contributed by atoms with Gasteiger partial charge in [-0.1, -0.05) is 37.6 Å². The maximum Gasteiger partial charge on any atom is 0.264 e. The molecule has 11 heteroatoms. The zero-order valence-electron chi connectivity index (χ0n) is 25.2. The second kappa shape index (κ2) is 15.6. The Balaban J connectivity index is 2.06. The van der Waals surface area contributed by atoms with Gasteiger partial charge in [-0.3, -0.25) is 13.9 Å². The number of nitrogens with one attached hydrogen (secondary N) is 1. The van der Waals surface area contributed by atoms with E-state index in [4.69, 9.17) is 21.1 Å². The largest absolute Gasteiger partial charge is 0.497 e. The number of rotatable bonds is 15. The number of ether oxygens (including phenoxy) is 2. The number of amides is 2. The van der Waals surface area contributed by atoms with Gasteiger partial charge in [0.2, 0.25) is 11.8 Å². The monoisotopic (exact) mass is 629 g/mol. The summed E-state index contributed by atoms with van der Waals surface area (Å²) < 4.78 is 39.8. The summed E-state index contributed by atoms with van der Waals surface area (Å²) in [6, 6.07) is 18.5. The Labute approximate surface area is 259 Å². The maximum absolute atomic E-state index is 14.2. The molecule has 0 aliphatic rings. The molecule has 0 aliphatic carbocycles. The van der Waals surface area contributed by atoms with Gasteiger partial charge in [-0.05, 0) is 92.9 Å². The van der Waals surface area contributed by atoms with Gasteiger partial charge >= 0.3 is 0 Å². The minimum Gasteiger partial charge on any atom is -0.497 e. The number of carbonyl (C=O) groups excluding carboxylic acids is 2. The fraction of sp³-hybridized carbons (Fsp3) is 0.375. The molecule has 9 nitrogen and oxygen atoms in total. The van der Waals surface area contributed by atoms with E-state index in [1.807, 2.05) is 39.8 Å².